The Morgan fingerprint density at radius 1 is 0.739 bits per heavy atom. The Labute approximate surface area is 147 Å². The van der Waals surface area contributed by atoms with Gasteiger partial charge >= 0.3 is 0 Å². The predicted molar refractivity (Wildman–Crippen MR) is 103 cm³/mol. The van der Waals surface area contributed by atoms with E-state index in [-0.39, 0.29) is 0 Å². The van der Waals surface area contributed by atoms with Crippen LogP contribution in [-0.2, 0) is 0 Å². The molecule has 0 radical (unpaired) electrons. The van der Waals surface area contributed by atoms with Crippen molar-refractivity contribution in [2.75, 3.05) is 5.88 Å². The van der Waals surface area contributed by atoms with E-state index in [2.05, 4.69) is 30.1 Å². The molecule has 0 unspecified atom stereocenters. The van der Waals surface area contributed by atoms with Crippen LogP contribution in [0.25, 0.3) is 10.8 Å². The van der Waals surface area contributed by atoms with E-state index < -0.39 is 0 Å². The van der Waals surface area contributed by atoms with Crippen molar-refractivity contribution in [2.45, 2.75) is 71.1 Å². The molecule has 0 bridgehead atoms. The lowest BCUT2D eigenvalue weighted by atomic mass is 10.1. The Morgan fingerprint density at radius 2 is 1.30 bits per heavy atom. The zero-order valence-corrected chi connectivity index (χ0v) is 15.5. The van der Waals surface area contributed by atoms with Crippen molar-refractivity contribution in [3.8, 4) is 0 Å². The van der Waals surface area contributed by atoms with Crippen LogP contribution in [0.4, 0.5) is 0 Å². The second-order valence-electron chi connectivity index (χ2n) is 6.14. The number of unbranched alkanes of at least 4 members (excludes halogenated alkanes) is 9. The third-order valence-corrected chi connectivity index (χ3v) is 4.35. The molecule has 1 aromatic heterocycles. The van der Waals surface area contributed by atoms with Gasteiger partial charge in [-0.25, -0.2) is 4.98 Å². The first kappa shape index (κ1) is 20.0. The van der Waals surface area contributed by atoms with Crippen LogP contribution in [0.15, 0.2) is 42.7 Å². The molecule has 1 nitrogen and oxygen atoms in total. The van der Waals surface area contributed by atoms with E-state index >= 15 is 0 Å². The summed E-state index contributed by atoms with van der Waals surface area (Å²) in [6.45, 7) is 2.27. The van der Waals surface area contributed by atoms with Crippen molar-refractivity contribution >= 4 is 22.4 Å². The summed E-state index contributed by atoms with van der Waals surface area (Å²) in [5.74, 6) is 0.844. The first-order valence-electron chi connectivity index (χ1n) is 9.29. The highest BCUT2D eigenvalue weighted by molar-refractivity contribution is 6.17. The van der Waals surface area contributed by atoms with E-state index in [9.17, 15) is 0 Å². The lowest BCUT2D eigenvalue weighted by molar-refractivity contribution is -0.375. The monoisotopic (exact) mass is 334 g/mol. The van der Waals surface area contributed by atoms with Gasteiger partial charge in [0.25, 0.3) is 0 Å². The molecule has 128 valence electrons. The third kappa shape index (κ3) is 10.3. The average molecular weight is 335 g/mol. The molecule has 2 heteroatoms. The lowest BCUT2D eigenvalue weighted by Crippen LogP contribution is -1.96. The molecule has 0 aliphatic carbocycles. The second kappa shape index (κ2) is 14.5. The van der Waals surface area contributed by atoms with Gasteiger partial charge in [-0.2, -0.15) is 0 Å². The number of hydrogen-bond donors (Lipinski definition) is 0. The van der Waals surface area contributed by atoms with Crippen molar-refractivity contribution in [1.29, 1.82) is 0 Å². The molecule has 0 aliphatic rings. The Hall–Kier alpha value is -1.08. The van der Waals surface area contributed by atoms with Crippen LogP contribution in [0.5, 0.6) is 0 Å². The maximum Gasteiger partial charge on any atom is 0.174 e. The van der Waals surface area contributed by atoms with Gasteiger partial charge in [0, 0.05) is 17.3 Å². The predicted octanol–water partition coefficient (Wildman–Crippen LogP) is 6.80. The minimum Gasteiger partial charge on any atom is -0.217 e. The van der Waals surface area contributed by atoms with E-state index in [1.165, 1.54) is 75.0 Å². The summed E-state index contributed by atoms with van der Waals surface area (Å²) in [6.07, 6.45) is 17.8. The first-order chi connectivity index (χ1) is 11.4. The van der Waals surface area contributed by atoms with Gasteiger partial charge in [0.05, 0.1) is 0 Å². The molecule has 2 aromatic rings. The van der Waals surface area contributed by atoms with Gasteiger partial charge in [-0.1, -0.05) is 82.9 Å². The molecule has 0 saturated carbocycles. The van der Waals surface area contributed by atoms with Crippen LogP contribution in [0.1, 0.15) is 71.1 Å². The maximum absolute atomic E-state index is 5.60. The number of rotatable bonds is 10. The molecule has 0 fully saturated rings. The topological polar surface area (TPSA) is 14.1 Å². The molecule has 23 heavy (non-hydrogen) atoms. The molecule has 1 aromatic carbocycles. The lowest BCUT2D eigenvalue weighted by Gasteiger charge is -2.00. The summed E-state index contributed by atoms with van der Waals surface area (Å²) >= 11 is 5.60. The molecule has 0 aliphatic heterocycles. The zero-order chi connectivity index (χ0) is 16.6. The van der Waals surface area contributed by atoms with Crippen LogP contribution in [0.3, 0.4) is 0 Å². The normalized spacial score (nSPS) is 10.3. The van der Waals surface area contributed by atoms with E-state index in [0.717, 1.165) is 5.88 Å². The maximum atomic E-state index is 5.60. The molecular weight excluding hydrogens is 302 g/mol. The van der Waals surface area contributed by atoms with Gasteiger partial charge in [0.15, 0.2) is 12.4 Å². The summed E-state index contributed by atoms with van der Waals surface area (Å²) in [6, 6.07) is 10.3. The number of aromatic nitrogens is 1. The van der Waals surface area contributed by atoms with Gasteiger partial charge in [0.1, 0.15) is 0 Å². The van der Waals surface area contributed by atoms with E-state index in [1.807, 2.05) is 24.5 Å². The standard InChI is InChI=1S/C12H25Cl.C9H7N/c1-2-3-4-5-6-7-8-9-10-11-12-13;1-2-4-9-7-10-6-5-8(9)3-1/h2-12H2,1H3;1-7H/p+1. The summed E-state index contributed by atoms with van der Waals surface area (Å²) in [5, 5.41) is 2.53. The molecule has 1 heterocycles. The minimum absolute atomic E-state index is 0.844. The smallest absolute Gasteiger partial charge is 0.174 e. The second-order valence-corrected chi connectivity index (χ2v) is 6.52. The summed E-state index contributed by atoms with van der Waals surface area (Å²) in [4.78, 5) is 3.04. The van der Waals surface area contributed by atoms with Crippen molar-refractivity contribution in [3.05, 3.63) is 42.7 Å². The Kier molecular flexibility index (Phi) is 12.6. The Morgan fingerprint density at radius 3 is 1.87 bits per heavy atom. The van der Waals surface area contributed by atoms with Crippen LogP contribution in [0, 0.1) is 0 Å². The molecule has 0 spiro atoms. The van der Waals surface area contributed by atoms with Gasteiger partial charge in [-0.05, 0) is 17.9 Å². The van der Waals surface area contributed by atoms with Crippen LogP contribution >= 0.6 is 11.6 Å². The number of nitrogens with one attached hydrogen (secondary N) is 1. The SMILES string of the molecule is CCCCCCCCCCCCCl.c1ccc2c[nH+]ccc2c1. The number of aromatic amines is 1. The molecular formula is C21H33ClN+. The Bertz CT molecular complexity index is 422. The van der Waals surface area contributed by atoms with Crippen LogP contribution in [0.2, 0.25) is 0 Å². The largest absolute Gasteiger partial charge is 0.217 e. The van der Waals surface area contributed by atoms with E-state index in [1.54, 1.807) is 0 Å². The average Bonchev–Trinajstić information content (AvgIpc) is 2.61. The number of halogens is 1. The fourth-order valence-electron chi connectivity index (χ4n) is 2.65. The van der Waals surface area contributed by atoms with Crippen molar-refractivity contribution in [1.82, 2.24) is 0 Å². The number of H-pyrrole nitrogens is 1. The quantitative estimate of drug-likeness (QED) is 0.335. The number of pyridine rings is 1. The van der Waals surface area contributed by atoms with Crippen LogP contribution < -0.4 is 4.98 Å². The third-order valence-electron chi connectivity index (χ3n) is 4.08. The molecule has 0 amide bonds. The summed E-state index contributed by atoms with van der Waals surface area (Å²) in [7, 11) is 0. The van der Waals surface area contributed by atoms with Gasteiger partial charge in [0.2, 0.25) is 0 Å². The fraction of sp³-hybridized carbons (Fsp3) is 0.571. The Balaban J connectivity index is 0.000000235. The summed E-state index contributed by atoms with van der Waals surface area (Å²) in [5.41, 5.74) is 0. The zero-order valence-electron chi connectivity index (χ0n) is 14.7. The number of hydrogen-bond acceptors (Lipinski definition) is 0. The van der Waals surface area contributed by atoms with Crippen molar-refractivity contribution in [3.63, 3.8) is 0 Å². The fourth-order valence-corrected chi connectivity index (χ4v) is 2.84. The van der Waals surface area contributed by atoms with Gasteiger partial charge in [-0.3, -0.25) is 0 Å². The molecule has 0 saturated heterocycles. The van der Waals surface area contributed by atoms with E-state index in [0.29, 0.717) is 0 Å². The van der Waals surface area contributed by atoms with Gasteiger partial charge < -0.3 is 0 Å². The number of fused-ring (bicyclic) bond motifs is 1. The van der Waals surface area contributed by atoms with Gasteiger partial charge in [-0.15, -0.1) is 11.6 Å². The first-order valence-corrected chi connectivity index (χ1v) is 9.82. The molecule has 2 rings (SSSR count). The highest BCUT2D eigenvalue weighted by atomic mass is 35.5. The highest BCUT2D eigenvalue weighted by Gasteiger charge is 1.91. The number of alkyl halides is 1. The highest BCUT2D eigenvalue weighted by Crippen LogP contribution is 2.10. The number of benzene rings is 1. The summed E-state index contributed by atoms with van der Waals surface area (Å²) < 4.78 is 0. The van der Waals surface area contributed by atoms with Crippen molar-refractivity contribution in [2.24, 2.45) is 0 Å². The molecule has 1 N–H and O–H groups in total. The minimum atomic E-state index is 0.844. The van der Waals surface area contributed by atoms with E-state index in [4.69, 9.17) is 11.6 Å². The van der Waals surface area contributed by atoms with Crippen LogP contribution in [-0.4, -0.2) is 5.88 Å². The van der Waals surface area contributed by atoms with Crippen molar-refractivity contribution < 1.29 is 4.98 Å². The molecule has 0 atom stereocenters.